The number of hydrogen-bond donors (Lipinski definition) is 1. The third-order valence-electron chi connectivity index (χ3n) is 5.66. The molecule has 0 saturated heterocycles. The number of nitrogens with zero attached hydrogens (tertiary/aromatic N) is 3. The molecule has 0 aliphatic carbocycles. The van der Waals surface area contributed by atoms with E-state index < -0.39 is 0 Å². The van der Waals surface area contributed by atoms with Crippen LogP contribution in [0.1, 0.15) is 48.8 Å². The van der Waals surface area contributed by atoms with Crippen molar-refractivity contribution in [2.24, 2.45) is 0 Å². The van der Waals surface area contributed by atoms with E-state index in [1.165, 1.54) is 16.7 Å². The zero-order valence-corrected chi connectivity index (χ0v) is 19.0. The number of aryl methyl sites for hydroxylation is 4. The van der Waals surface area contributed by atoms with Crippen LogP contribution in [0.4, 0.5) is 11.5 Å². The number of imidazole rings is 1. The maximum absolute atomic E-state index is 4.94. The van der Waals surface area contributed by atoms with Crippen LogP contribution in [-0.2, 0) is 5.41 Å². The number of para-hydroxylation sites is 1. The van der Waals surface area contributed by atoms with Crippen molar-refractivity contribution < 1.29 is 0 Å². The maximum Gasteiger partial charge on any atom is 0.236 e. The molecule has 0 amide bonds. The topological polar surface area (TPSA) is 42.2 Å². The second kappa shape index (κ2) is 7.28. The fourth-order valence-corrected chi connectivity index (χ4v) is 3.95. The molecule has 4 nitrogen and oxygen atoms in total. The standard InChI is InChI=1S/C26H30N4/c1-16-9-8-10-17(2)22(16)28-24-23(20-11-13-21(14-12-20)26(5,6)7)29-25-27-18(3)15-19(4)30(24)25/h8-15,28H,1-7H3. The SMILES string of the molecule is Cc1cc(C)n2c(Nc3c(C)cccc3C)c(-c3ccc(C(C)(C)C)cc3)nc2n1. The highest BCUT2D eigenvalue weighted by atomic mass is 15.2. The molecule has 0 unspecified atom stereocenters. The minimum Gasteiger partial charge on any atom is -0.339 e. The number of rotatable bonds is 3. The Balaban J connectivity index is 1.93. The third-order valence-corrected chi connectivity index (χ3v) is 5.66. The second-order valence-electron chi connectivity index (χ2n) is 9.20. The molecule has 0 saturated carbocycles. The van der Waals surface area contributed by atoms with Crippen LogP contribution in [0, 0.1) is 27.7 Å². The predicted octanol–water partition coefficient (Wildman–Crippen LogP) is 6.67. The first kappa shape index (κ1) is 20.1. The zero-order chi connectivity index (χ0) is 21.6. The number of aromatic nitrogens is 3. The number of benzene rings is 2. The van der Waals surface area contributed by atoms with E-state index in [-0.39, 0.29) is 5.41 Å². The summed E-state index contributed by atoms with van der Waals surface area (Å²) < 4.78 is 2.12. The molecular weight excluding hydrogens is 368 g/mol. The molecule has 0 spiro atoms. The molecule has 4 heteroatoms. The van der Waals surface area contributed by atoms with E-state index in [9.17, 15) is 0 Å². The lowest BCUT2D eigenvalue weighted by Crippen LogP contribution is -2.10. The molecule has 0 radical (unpaired) electrons. The average Bonchev–Trinajstić information content (AvgIpc) is 3.02. The minimum absolute atomic E-state index is 0.117. The Hall–Kier alpha value is -3.14. The average molecular weight is 399 g/mol. The lowest BCUT2D eigenvalue weighted by atomic mass is 9.86. The summed E-state index contributed by atoms with van der Waals surface area (Å²) in [6.45, 7) is 15.1. The quantitative estimate of drug-likeness (QED) is 0.419. The molecule has 2 aromatic carbocycles. The number of anilines is 2. The fourth-order valence-electron chi connectivity index (χ4n) is 3.95. The van der Waals surface area contributed by atoms with Gasteiger partial charge in [0.2, 0.25) is 5.78 Å². The first-order chi connectivity index (χ1) is 14.1. The second-order valence-corrected chi connectivity index (χ2v) is 9.20. The Kier molecular flexibility index (Phi) is 4.89. The predicted molar refractivity (Wildman–Crippen MR) is 126 cm³/mol. The summed E-state index contributed by atoms with van der Waals surface area (Å²) in [5.41, 5.74) is 9.03. The van der Waals surface area contributed by atoms with Crippen molar-refractivity contribution in [2.45, 2.75) is 53.9 Å². The zero-order valence-electron chi connectivity index (χ0n) is 19.0. The Labute approximate surface area is 179 Å². The van der Waals surface area contributed by atoms with Crippen LogP contribution in [0.3, 0.4) is 0 Å². The van der Waals surface area contributed by atoms with E-state index in [1.807, 2.05) is 6.92 Å². The van der Waals surface area contributed by atoms with Gasteiger partial charge in [0.15, 0.2) is 0 Å². The largest absolute Gasteiger partial charge is 0.339 e. The Bertz CT molecular complexity index is 1200. The maximum atomic E-state index is 4.94. The summed E-state index contributed by atoms with van der Waals surface area (Å²) in [7, 11) is 0. The van der Waals surface area contributed by atoms with Crippen LogP contribution in [0.5, 0.6) is 0 Å². The molecule has 2 heterocycles. The van der Waals surface area contributed by atoms with Gasteiger partial charge in [0.05, 0.1) is 0 Å². The molecule has 0 aliphatic heterocycles. The Morgan fingerprint density at radius 3 is 2.07 bits per heavy atom. The van der Waals surface area contributed by atoms with Gasteiger partial charge < -0.3 is 5.32 Å². The van der Waals surface area contributed by atoms with E-state index in [0.717, 1.165) is 39.9 Å². The highest BCUT2D eigenvalue weighted by molar-refractivity contribution is 5.80. The van der Waals surface area contributed by atoms with Gasteiger partial charge >= 0.3 is 0 Å². The molecule has 4 rings (SSSR count). The smallest absolute Gasteiger partial charge is 0.236 e. The monoisotopic (exact) mass is 398 g/mol. The summed E-state index contributed by atoms with van der Waals surface area (Å²) in [6, 6.07) is 17.2. The number of fused-ring (bicyclic) bond motifs is 1. The molecule has 30 heavy (non-hydrogen) atoms. The van der Waals surface area contributed by atoms with Crippen molar-refractivity contribution in [1.29, 1.82) is 0 Å². The van der Waals surface area contributed by atoms with Gasteiger partial charge in [-0.25, -0.2) is 9.97 Å². The van der Waals surface area contributed by atoms with Gasteiger partial charge in [-0.05, 0) is 55.9 Å². The van der Waals surface area contributed by atoms with Gasteiger partial charge in [0.25, 0.3) is 0 Å². The van der Waals surface area contributed by atoms with Crippen LogP contribution in [0.15, 0.2) is 48.5 Å². The van der Waals surface area contributed by atoms with Gasteiger partial charge in [-0.3, -0.25) is 4.40 Å². The van der Waals surface area contributed by atoms with Crippen LogP contribution in [-0.4, -0.2) is 14.4 Å². The highest BCUT2D eigenvalue weighted by Crippen LogP contribution is 2.35. The van der Waals surface area contributed by atoms with Gasteiger partial charge in [-0.1, -0.05) is 63.2 Å². The van der Waals surface area contributed by atoms with Gasteiger partial charge in [-0.2, -0.15) is 0 Å². The van der Waals surface area contributed by atoms with Crippen molar-refractivity contribution in [3.63, 3.8) is 0 Å². The lowest BCUT2D eigenvalue weighted by molar-refractivity contribution is 0.590. The first-order valence-electron chi connectivity index (χ1n) is 10.5. The van der Waals surface area contributed by atoms with Gasteiger partial charge in [0.1, 0.15) is 11.5 Å². The molecule has 2 aromatic heterocycles. The minimum atomic E-state index is 0.117. The number of hydrogen-bond acceptors (Lipinski definition) is 3. The fraction of sp³-hybridized carbons (Fsp3) is 0.308. The molecule has 0 fully saturated rings. The van der Waals surface area contributed by atoms with Crippen LogP contribution >= 0.6 is 0 Å². The van der Waals surface area contributed by atoms with E-state index >= 15 is 0 Å². The highest BCUT2D eigenvalue weighted by Gasteiger charge is 2.20. The Morgan fingerprint density at radius 1 is 0.833 bits per heavy atom. The molecule has 1 N–H and O–H groups in total. The van der Waals surface area contributed by atoms with Crippen molar-refractivity contribution in [3.8, 4) is 11.3 Å². The molecule has 0 bridgehead atoms. The molecule has 0 aliphatic rings. The normalized spacial score (nSPS) is 11.8. The van der Waals surface area contributed by atoms with Crippen molar-refractivity contribution in [3.05, 3.63) is 76.6 Å². The van der Waals surface area contributed by atoms with E-state index in [2.05, 4.69) is 99.8 Å². The summed E-state index contributed by atoms with van der Waals surface area (Å²) >= 11 is 0. The van der Waals surface area contributed by atoms with Crippen LogP contribution in [0.25, 0.3) is 17.0 Å². The van der Waals surface area contributed by atoms with E-state index in [0.29, 0.717) is 0 Å². The third kappa shape index (κ3) is 3.58. The van der Waals surface area contributed by atoms with Crippen LogP contribution in [0.2, 0.25) is 0 Å². The van der Waals surface area contributed by atoms with E-state index in [4.69, 9.17) is 9.97 Å². The summed E-state index contributed by atoms with van der Waals surface area (Å²) in [5.74, 6) is 1.67. The van der Waals surface area contributed by atoms with E-state index in [1.54, 1.807) is 0 Å². The van der Waals surface area contributed by atoms with Gasteiger partial charge in [0, 0.05) is 22.6 Å². The Morgan fingerprint density at radius 2 is 1.47 bits per heavy atom. The molecular formula is C26H30N4. The summed E-state index contributed by atoms with van der Waals surface area (Å²) in [5, 5.41) is 3.70. The first-order valence-corrected chi connectivity index (χ1v) is 10.5. The lowest BCUT2D eigenvalue weighted by Gasteiger charge is -2.19. The van der Waals surface area contributed by atoms with Gasteiger partial charge in [-0.15, -0.1) is 0 Å². The molecule has 0 atom stereocenters. The summed E-state index contributed by atoms with van der Waals surface area (Å²) in [6.07, 6.45) is 0. The van der Waals surface area contributed by atoms with Crippen LogP contribution < -0.4 is 5.32 Å². The molecule has 4 aromatic rings. The van der Waals surface area contributed by atoms with Crippen molar-refractivity contribution >= 4 is 17.3 Å². The molecule has 154 valence electrons. The van der Waals surface area contributed by atoms with Crippen molar-refractivity contribution in [2.75, 3.05) is 5.32 Å². The number of nitrogens with one attached hydrogen (secondary N) is 1. The summed E-state index contributed by atoms with van der Waals surface area (Å²) in [4.78, 5) is 9.64. The van der Waals surface area contributed by atoms with Crippen molar-refractivity contribution in [1.82, 2.24) is 14.4 Å².